The highest BCUT2D eigenvalue weighted by Gasteiger charge is 2.08. The van der Waals surface area contributed by atoms with Gasteiger partial charge in [0, 0.05) is 17.5 Å². The molecule has 0 aliphatic rings. The van der Waals surface area contributed by atoms with E-state index in [4.69, 9.17) is 11.6 Å². The van der Waals surface area contributed by atoms with Gasteiger partial charge in [-0.2, -0.15) is 5.10 Å². The normalized spacial score (nSPS) is 10.5. The SMILES string of the molecule is CNCCCC(=O)Nc1ccnn1-c1cccc(Cl)c1. The predicted octanol–water partition coefficient (Wildman–Crippen LogP) is 2.46. The van der Waals surface area contributed by atoms with Gasteiger partial charge in [0.2, 0.25) is 5.91 Å². The van der Waals surface area contributed by atoms with Crippen molar-refractivity contribution in [2.75, 3.05) is 18.9 Å². The number of hydrogen-bond donors (Lipinski definition) is 2. The second-order valence-electron chi connectivity index (χ2n) is 4.36. The van der Waals surface area contributed by atoms with Crippen molar-refractivity contribution in [3.05, 3.63) is 41.6 Å². The molecule has 0 radical (unpaired) electrons. The molecule has 0 saturated carbocycles. The molecule has 1 amide bonds. The lowest BCUT2D eigenvalue weighted by Crippen LogP contribution is -2.17. The fourth-order valence-electron chi connectivity index (χ4n) is 1.84. The molecule has 0 fully saturated rings. The van der Waals surface area contributed by atoms with E-state index in [1.54, 1.807) is 29.1 Å². The molecule has 0 aliphatic heterocycles. The van der Waals surface area contributed by atoms with Crippen LogP contribution in [0.2, 0.25) is 5.02 Å². The van der Waals surface area contributed by atoms with E-state index >= 15 is 0 Å². The molecule has 20 heavy (non-hydrogen) atoms. The highest BCUT2D eigenvalue weighted by atomic mass is 35.5. The highest BCUT2D eigenvalue weighted by Crippen LogP contribution is 2.18. The van der Waals surface area contributed by atoms with Crippen molar-refractivity contribution < 1.29 is 4.79 Å². The Morgan fingerprint density at radius 2 is 2.25 bits per heavy atom. The van der Waals surface area contributed by atoms with Crippen LogP contribution in [-0.2, 0) is 4.79 Å². The first-order chi connectivity index (χ1) is 9.70. The number of rotatable bonds is 6. The summed E-state index contributed by atoms with van der Waals surface area (Å²) in [6.07, 6.45) is 2.92. The average molecular weight is 293 g/mol. The maximum absolute atomic E-state index is 11.8. The van der Waals surface area contributed by atoms with Gasteiger partial charge in [0.25, 0.3) is 0 Å². The van der Waals surface area contributed by atoms with Crippen LogP contribution in [0.5, 0.6) is 0 Å². The van der Waals surface area contributed by atoms with Gasteiger partial charge in [0.15, 0.2) is 0 Å². The van der Waals surface area contributed by atoms with Crippen LogP contribution >= 0.6 is 11.6 Å². The molecule has 0 saturated heterocycles. The topological polar surface area (TPSA) is 59.0 Å². The number of nitrogens with zero attached hydrogens (tertiary/aromatic N) is 2. The lowest BCUT2D eigenvalue weighted by Gasteiger charge is -2.09. The smallest absolute Gasteiger partial charge is 0.225 e. The second kappa shape index (κ2) is 7.07. The quantitative estimate of drug-likeness (QED) is 0.804. The predicted molar refractivity (Wildman–Crippen MR) is 80.4 cm³/mol. The summed E-state index contributed by atoms with van der Waals surface area (Å²) in [6.45, 7) is 0.820. The number of nitrogens with one attached hydrogen (secondary N) is 2. The minimum absolute atomic E-state index is 0.0240. The first-order valence-corrected chi connectivity index (χ1v) is 6.83. The van der Waals surface area contributed by atoms with E-state index in [0.717, 1.165) is 18.7 Å². The van der Waals surface area contributed by atoms with Crippen LogP contribution in [0.15, 0.2) is 36.5 Å². The minimum atomic E-state index is -0.0240. The van der Waals surface area contributed by atoms with E-state index in [1.807, 2.05) is 19.2 Å². The van der Waals surface area contributed by atoms with Crippen LogP contribution in [0.3, 0.4) is 0 Å². The molecule has 5 nitrogen and oxygen atoms in total. The third kappa shape index (κ3) is 3.82. The lowest BCUT2D eigenvalue weighted by atomic mass is 10.3. The van der Waals surface area contributed by atoms with Crippen LogP contribution in [-0.4, -0.2) is 29.3 Å². The molecular weight excluding hydrogens is 276 g/mol. The van der Waals surface area contributed by atoms with E-state index < -0.39 is 0 Å². The molecule has 106 valence electrons. The van der Waals surface area contributed by atoms with Gasteiger partial charge in [-0.3, -0.25) is 4.79 Å². The first-order valence-electron chi connectivity index (χ1n) is 6.45. The van der Waals surface area contributed by atoms with Gasteiger partial charge in [-0.25, -0.2) is 4.68 Å². The zero-order valence-corrected chi connectivity index (χ0v) is 12.0. The van der Waals surface area contributed by atoms with Crippen LogP contribution in [0.25, 0.3) is 5.69 Å². The maximum Gasteiger partial charge on any atom is 0.225 e. The molecule has 2 rings (SSSR count). The van der Waals surface area contributed by atoms with Crippen molar-refractivity contribution in [2.24, 2.45) is 0 Å². The number of aromatic nitrogens is 2. The van der Waals surface area contributed by atoms with Crippen LogP contribution in [0, 0.1) is 0 Å². The van der Waals surface area contributed by atoms with Crippen molar-refractivity contribution in [3.63, 3.8) is 0 Å². The molecule has 6 heteroatoms. The summed E-state index contributed by atoms with van der Waals surface area (Å²) in [5.74, 6) is 0.616. The fourth-order valence-corrected chi connectivity index (χ4v) is 2.03. The third-order valence-corrected chi connectivity index (χ3v) is 3.03. The summed E-state index contributed by atoms with van der Waals surface area (Å²) in [6, 6.07) is 9.08. The van der Waals surface area contributed by atoms with Gasteiger partial charge < -0.3 is 10.6 Å². The Morgan fingerprint density at radius 1 is 1.40 bits per heavy atom. The number of benzene rings is 1. The minimum Gasteiger partial charge on any atom is -0.320 e. The largest absolute Gasteiger partial charge is 0.320 e. The standard InChI is InChI=1S/C14H17ClN4O/c1-16-8-3-6-14(20)18-13-7-9-17-19(13)12-5-2-4-11(15)10-12/h2,4-5,7,9-10,16H,3,6,8H2,1H3,(H,18,20). The Kier molecular flexibility index (Phi) is 5.15. The van der Waals surface area contributed by atoms with Crippen LogP contribution < -0.4 is 10.6 Å². The Hall–Kier alpha value is -1.85. The molecule has 0 spiro atoms. The van der Waals surface area contributed by atoms with Crippen molar-refractivity contribution in [2.45, 2.75) is 12.8 Å². The van der Waals surface area contributed by atoms with Crippen molar-refractivity contribution in [1.29, 1.82) is 0 Å². The molecule has 2 N–H and O–H groups in total. The van der Waals surface area contributed by atoms with E-state index in [1.165, 1.54) is 0 Å². The van der Waals surface area contributed by atoms with Gasteiger partial charge in [-0.15, -0.1) is 0 Å². The summed E-state index contributed by atoms with van der Waals surface area (Å²) in [7, 11) is 1.87. The Labute approximate surface area is 122 Å². The number of halogens is 1. The lowest BCUT2D eigenvalue weighted by molar-refractivity contribution is -0.116. The Bertz CT molecular complexity index is 582. The summed E-state index contributed by atoms with van der Waals surface area (Å²) >= 11 is 5.97. The molecular formula is C14H17ClN4O. The fraction of sp³-hybridized carbons (Fsp3) is 0.286. The molecule has 0 bridgehead atoms. The van der Waals surface area contributed by atoms with E-state index in [9.17, 15) is 4.79 Å². The number of carbonyl (C=O) groups excluding carboxylic acids is 1. The van der Waals surface area contributed by atoms with Gasteiger partial charge >= 0.3 is 0 Å². The monoisotopic (exact) mass is 292 g/mol. The zero-order chi connectivity index (χ0) is 14.4. The van der Waals surface area contributed by atoms with Crippen molar-refractivity contribution in [3.8, 4) is 5.69 Å². The first kappa shape index (κ1) is 14.6. The van der Waals surface area contributed by atoms with Gasteiger partial charge in [-0.1, -0.05) is 17.7 Å². The van der Waals surface area contributed by atoms with E-state index in [-0.39, 0.29) is 5.91 Å². The molecule has 1 aromatic heterocycles. The van der Waals surface area contributed by atoms with Crippen LogP contribution in [0.1, 0.15) is 12.8 Å². The number of hydrogen-bond acceptors (Lipinski definition) is 3. The molecule has 1 heterocycles. The van der Waals surface area contributed by atoms with Gasteiger partial charge in [-0.05, 0) is 38.2 Å². The zero-order valence-electron chi connectivity index (χ0n) is 11.3. The van der Waals surface area contributed by atoms with E-state index in [0.29, 0.717) is 17.3 Å². The summed E-state index contributed by atoms with van der Waals surface area (Å²) in [4.78, 5) is 11.8. The second-order valence-corrected chi connectivity index (χ2v) is 4.80. The van der Waals surface area contributed by atoms with Gasteiger partial charge in [0.05, 0.1) is 11.9 Å². The maximum atomic E-state index is 11.8. The van der Waals surface area contributed by atoms with Crippen molar-refractivity contribution in [1.82, 2.24) is 15.1 Å². The number of anilines is 1. The summed E-state index contributed by atoms with van der Waals surface area (Å²) in [5, 5.41) is 10.7. The summed E-state index contributed by atoms with van der Waals surface area (Å²) < 4.78 is 1.65. The summed E-state index contributed by atoms with van der Waals surface area (Å²) in [5.41, 5.74) is 0.813. The van der Waals surface area contributed by atoms with Crippen LogP contribution in [0.4, 0.5) is 5.82 Å². The number of amides is 1. The Morgan fingerprint density at radius 3 is 3.00 bits per heavy atom. The molecule has 0 unspecified atom stereocenters. The highest BCUT2D eigenvalue weighted by molar-refractivity contribution is 6.30. The van der Waals surface area contributed by atoms with Gasteiger partial charge in [0.1, 0.15) is 5.82 Å². The van der Waals surface area contributed by atoms with E-state index in [2.05, 4.69) is 15.7 Å². The Balaban J connectivity index is 2.07. The average Bonchev–Trinajstić information content (AvgIpc) is 2.87. The number of carbonyl (C=O) groups is 1. The molecule has 0 atom stereocenters. The molecule has 2 aromatic rings. The molecule has 0 aliphatic carbocycles. The molecule has 1 aromatic carbocycles. The third-order valence-electron chi connectivity index (χ3n) is 2.79. The van der Waals surface area contributed by atoms with Crippen molar-refractivity contribution >= 4 is 23.3 Å².